The molecule has 2 aliphatic heterocycles. The van der Waals surface area contributed by atoms with Crippen LogP contribution >= 0.6 is 0 Å². The number of benzene rings is 2. The standard InChI is InChI=1S/C20H18N4O4/c1-13-7-12-17-18(20(26)22(19(17)25)15-5-3-2-4-6-15)23(13)21-14-8-10-16(11-9-14)24(27)28/h2-13,17-18,21H,1H3/t13-,17+,18-/m0/s1. The van der Waals surface area contributed by atoms with Gasteiger partial charge in [0, 0.05) is 23.9 Å². The molecule has 142 valence electrons. The second kappa shape index (κ2) is 6.90. The lowest BCUT2D eigenvalue weighted by Crippen LogP contribution is -2.53. The number of rotatable bonds is 4. The molecule has 2 amide bonds. The van der Waals surface area contributed by atoms with Gasteiger partial charge in [-0.05, 0) is 31.2 Å². The lowest BCUT2D eigenvalue weighted by atomic mass is 9.95. The maximum atomic E-state index is 13.1. The fourth-order valence-corrected chi connectivity index (χ4v) is 3.59. The van der Waals surface area contributed by atoms with Crippen LogP contribution in [0.15, 0.2) is 66.7 Å². The van der Waals surface area contributed by atoms with E-state index in [1.807, 2.05) is 19.1 Å². The first-order valence-corrected chi connectivity index (χ1v) is 8.88. The summed E-state index contributed by atoms with van der Waals surface area (Å²) in [6, 6.07) is 13.9. The van der Waals surface area contributed by atoms with Crippen molar-refractivity contribution in [2.24, 2.45) is 5.92 Å². The Labute approximate surface area is 161 Å². The molecule has 2 aromatic carbocycles. The highest BCUT2D eigenvalue weighted by atomic mass is 16.6. The third kappa shape index (κ3) is 2.93. The van der Waals surface area contributed by atoms with Crippen LogP contribution in [0.25, 0.3) is 0 Å². The number of imide groups is 1. The van der Waals surface area contributed by atoms with Gasteiger partial charge in [-0.15, -0.1) is 0 Å². The molecule has 28 heavy (non-hydrogen) atoms. The van der Waals surface area contributed by atoms with Gasteiger partial charge >= 0.3 is 0 Å². The van der Waals surface area contributed by atoms with Crippen LogP contribution in [-0.4, -0.2) is 33.8 Å². The van der Waals surface area contributed by atoms with Gasteiger partial charge in [-0.3, -0.25) is 19.7 Å². The van der Waals surface area contributed by atoms with Crippen molar-refractivity contribution in [3.8, 4) is 0 Å². The molecule has 2 heterocycles. The van der Waals surface area contributed by atoms with Crippen LogP contribution in [0.1, 0.15) is 6.92 Å². The average molecular weight is 378 g/mol. The van der Waals surface area contributed by atoms with Gasteiger partial charge in [0.05, 0.1) is 16.5 Å². The van der Waals surface area contributed by atoms with E-state index in [9.17, 15) is 19.7 Å². The number of hydrazine groups is 1. The van der Waals surface area contributed by atoms with E-state index in [0.29, 0.717) is 11.4 Å². The van der Waals surface area contributed by atoms with Crippen molar-refractivity contribution < 1.29 is 14.5 Å². The summed E-state index contributed by atoms with van der Waals surface area (Å²) >= 11 is 0. The Bertz CT molecular complexity index is 958. The molecule has 0 spiro atoms. The molecule has 1 fully saturated rings. The van der Waals surface area contributed by atoms with Crippen LogP contribution in [0, 0.1) is 16.0 Å². The number of para-hydroxylation sites is 1. The number of nitro benzene ring substituents is 1. The smallest absolute Gasteiger partial charge is 0.269 e. The first kappa shape index (κ1) is 17.9. The number of nitrogens with one attached hydrogen (secondary N) is 1. The fourth-order valence-electron chi connectivity index (χ4n) is 3.59. The number of non-ortho nitro benzene ring substituents is 1. The molecule has 0 aromatic heterocycles. The summed E-state index contributed by atoms with van der Waals surface area (Å²) in [5.41, 5.74) is 4.28. The minimum atomic E-state index is -0.692. The van der Waals surface area contributed by atoms with Gasteiger partial charge in [0.25, 0.3) is 11.6 Å². The van der Waals surface area contributed by atoms with Gasteiger partial charge in [0.1, 0.15) is 6.04 Å². The van der Waals surface area contributed by atoms with Crippen molar-refractivity contribution in [1.82, 2.24) is 5.01 Å². The van der Waals surface area contributed by atoms with Crippen LogP contribution in [-0.2, 0) is 9.59 Å². The molecule has 0 saturated carbocycles. The maximum Gasteiger partial charge on any atom is 0.269 e. The SMILES string of the molecule is C[C@H]1C=C[C@H]2C(=O)N(c3ccccc3)C(=O)[C@H]2N1Nc1ccc([N+](=O)[O-])cc1. The fraction of sp³-hybridized carbons (Fsp3) is 0.200. The third-order valence-corrected chi connectivity index (χ3v) is 5.01. The van der Waals surface area contributed by atoms with Crippen molar-refractivity contribution in [2.45, 2.75) is 19.0 Å². The molecule has 2 aromatic rings. The molecular weight excluding hydrogens is 360 g/mol. The number of hydrogen-bond acceptors (Lipinski definition) is 6. The second-order valence-electron chi connectivity index (χ2n) is 6.77. The molecular formula is C20H18N4O4. The molecule has 0 unspecified atom stereocenters. The molecule has 1 N–H and O–H groups in total. The Morgan fingerprint density at radius 2 is 1.64 bits per heavy atom. The number of hydrogen-bond donors (Lipinski definition) is 1. The van der Waals surface area contributed by atoms with Crippen LogP contribution in [0.3, 0.4) is 0 Å². The van der Waals surface area contributed by atoms with Crippen molar-refractivity contribution >= 4 is 28.9 Å². The summed E-state index contributed by atoms with van der Waals surface area (Å²) in [4.78, 5) is 37.6. The van der Waals surface area contributed by atoms with E-state index in [-0.39, 0.29) is 23.5 Å². The van der Waals surface area contributed by atoms with E-state index in [1.54, 1.807) is 47.5 Å². The number of fused-ring (bicyclic) bond motifs is 1. The largest absolute Gasteiger partial charge is 0.318 e. The molecule has 0 bridgehead atoms. The van der Waals surface area contributed by atoms with E-state index in [4.69, 9.17) is 0 Å². The highest BCUT2D eigenvalue weighted by Crippen LogP contribution is 2.34. The van der Waals surface area contributed by atoms with Gasteiger partial charge in [0.15, 0.2) is 0 Å². The number of nitro groups is 1. The second-order valence-corrected chi connectivity index (χ2v) is 6.77. The predicted octanol–water partition coefficient (Wildman–Crippen LogP) is 2.74. The summed E-state index contributed by atoms with van der Waals surface area (Å²) in [6.07, 6.45) is 3.66. The van der Waals surface area contributed by atoms with Crippen molar-refractivity contribution in [1.29, 1.82) is 0 Å². The monoisotopic (exact) mass is 378 g/mol. The topological polar surface area (TPSA) is 95.8 Å². The number of carbonyl (C=O) groups excluding carboxylic acids is 2. The molecule has 0 radical (unpaired) electrons. The van der Waals surface area contributed by atoms with Gasteiger partial charge in [0.2, 0.25) is 5.91 Å². The average Bonchev–Trinajstić information content (AvgIpc) is 2.95. The van der Waals surface area contributed by atoms with Crippen LogP contribution in [0.4, 0.5) is 17.1 Å². The zero-order valence-electron chi connectivity index (χ0n) is 15.1. The first-order valence-electron chi connectivity index (χ1n) is 8.88. The number of carbonyl (C=O) groups is 2. The van der Waals surface area contributed by atoms with Gasteiger partial charge in [-0.1, -0.05) is 30.4 Å². The Kier molecular flexibility index (Phi) is 4.40. The third-order valence-electron chi connectivity index (χ3n) is 5.01. The molecule has 8 nitrogen and oxygen atoms in total. The molecule has 0 aliphatic carbocycles. The van der Waals surface area contributed by atoms with Crippen molar-refractivity contribution in [2.75, 3.05) is 10.3 Å². The minimum Gasteiger partial charge on any atom is -0.318 e. The van der Waals surface area contributed by atoms with E-state index < -0.39 is 16.9 Å². The molecule has 4 rings (SSSR count). The summed E-state index contributed by atoms with van der Waals surface area (Å²) < 4.78 is 0. The highest BCUT2D eigenvalue weighted by molar-refractivity contribution is 6.24. The van der Waals surface area contributed by atoms with Gasteiger partial charge < -0.3 is 5.43 Å². The lowest BCUT2D eigenvalue weighted by molar-refractivity contribution is -0.384. The lowest BCUT2D eigenvalue weighted by Gasteiger charge is -2.37. The number of amides is 2. The van der Waals surface area contributed by atoms with Crippen LogP contribution in [0.5, 0.6) is 0 Å². The van der Waals surface area contributed by atoms with Crippen LogP contribution in [0.2, 0.25) is 0 Å². The molecule has 8 heteroatoms. The van der Waals surface area contributed by atoms with Gasteiger partial charge in [-0.2, -0.15) is 0 Å². The van der Waals surface area contributed by atoms with E-state index >= 15 is 0 Å². The quantitative estimate of drug-likeness (QED) is 0.380. The summed E-state index contributed by atoms with van der Waals surface area (Å²) in [5.74, 6) is -1.15. The normalized spacial score (nSPS) is 24.3. The molecule has 1 saturated heterocycles. The zero-order valence-corrected chi connectivity index (χ0v) is 15.1. The Morgan fingerprint density at radius 3 is 2.29 bits per heavy atom. The summed E-state index contributed by atoms with van der Waals surface area (Å²) in [5, 5.41) is 12.6. The van der Waals surface area contributed by atoms with E-state index in [1.165, 1.54) is 17.0 Å². The minimum absolute atomic E-state index is 0.0163. The Hall–Kier alpha value is -3.52. The van der Waals surface area contributed by atoms with E-state index in [2.05, 4.69) is 5.43 Å². The number of anilines is 2. The zero-order chi connectivity index (χ0) is 19.8. The first-order chi connectivity index (χ1) is 13.5. The van der Waals surface area contributed by atoms with Crippen molar-refractivity contribution in [3.63, 3.8) is 0 Å². The Balaban J connectivity index is 1.63. The van der Waals surface area contributed by atoms with Gasteiger partial charge in [-0.25, -0.2) is 9.91 Å². The molecule has 3 atom stereocenters. The molecule has 2 aliphatic rings. The number of nitrogens with zero attached hydrogens (tertiary/aromatic N) is 3. The van der Waals surface area contributed by atoms with E-state index in [0.717, 1.165) is 0 Å². The Morgan fingerprint density at radius 1 is 0.964 bits per heavy atom. The summed E-state index contributed by atoms with van der Waals surface area (Å²) in [6.45, 7) is 1.91. The maximum absolute atomic E-state index is 13.1. The predicted molar refractivity (Wildman–Crippen MR) is 103 cm³/mol. The van der Waals surface area contributed by atoms with Crippen LogP contribution < -0.4 is 10.3 Å². The summed E-state index contributed by atoms with van der Waals surface area (Å²) in [7, 11) is 0. The van der Waals surface area contributed by atoms with Crippen molar-refractivity contribution in [3.05, 3.63) is 76.9 Å². The highest BCUT2D eigenvalue weighted by Gasteiger charge is 2.52.